The summed E-state index contributed by atoms with van der Waals surface area (Å²) >= 11 is 0. The van der Waals surface area contributed by atoms with Crippen LogP contribution < -0.4 is 10.6 Å². The van der Waals surface area contributed by atoms with Gasteiger partial charge in [0.15, 0.2) is 0 Å². The van der Waals surface area contributed by atoms with Crippen molar-refractivity contribution in [3.63, 3.8) is 0 Å². The third kappa shape index (κ3) is 10.4. The second kappa shape index (κ2) is 15.0. The average Bonchev–Trinajstić information content (AvgIpc) is 2.86. The van der Waals surface area contributed by atoms with Crippen LogP contribution in [0.3, 0.4) is 0 Å². The molecule has 208 valence electrons. The molecule has 0 aromatic heterocycles. The van der Waals surface area contributed by atoms with E-state index < -0.39 is 23.8 Å². The van der Waals surface area contributed by atoms with Gasteiger partial charge in [-0.25, -0.2) is 4.79 Å². The Morgan fingerprint density at radius 2 is 1.58 bits per heavy atom. The SMILES string of the molecule is CCCCCCCN(C(=O)C(C)NC(=O)OC(C)(C)C)C(C(=O)NCc1ccccc1)c1ccc(O)cc1. The van der Waals surface area contributed by atoms with Gasteiger partial charge in [-0.1, -0.05) is 75.1 Å². The van der Waals surface area contributed by atoms with E-state index in [2.05, 4.69) is 17.6 Å². The summed E-state index contributed by atoms with van der Waals surface area (Å²) in [6.07, 6.45) is 4.16. The quantitative estimate of drug-likeness (QED) is 0.301. The highest BCUT2D eigenvalue weighted by Gasteiger charge is 2.34. The number of nitrogens with one attached hydrogen (secondary N) is 2. The van der Waals surface area contributed by atoms with Gasteiger partial charge in [-0.05, 0) is 57.4 Å². The van der Waals surface area contributed by atoms with Gasteiger partial charge >= 0.3 is 6.09 Å². The van der Waals surface area contributed by atoms with Gasteiger partial charge < -0.3 is 25.4 Å². The molecule has 0 radical (unpaired) electrons. The van der Waals surface area contributed by atoms with E-state index in [-0.39, 0.29) is 17.6 Å². The summed E-state index contributed by atoms with van der Waals surface area (Å²) in [6.45, 7) is 9.62. The number of benzene rings is 2. The monoisotopic (exact) mass is 525 g/mol. The lowest BCUT2D eigenvalue weighted by Gasteiger charge is -2.34. The summed E-state index contributed by atoms with van der Waals surface area (Å²) in [7, 11) is 0. The van der Waals surface area contributed by atoms with Crippen molar-refractivity contribution in [1.29, 1.82) is 0 Å². The zero-order chi connectivity index (χ0) is 28.1. The van der Waals surface area contributed by atoms with Gasteiger partial charge in [0.05, 0.1) is 0 Å². The Kier molecular flexibility index (Phi) is 12.1. The van der Waals surface area contributed by atoms with Crippen LogP contribution in [0.25, 0.3) is 0 Å². The third-order valence-corrected chi connectivity index (χ3v) is 5.97. The molecule has 0 heterocycles. The van der Waals surface area contributed by atoms with Crippen LogP contribution in [0.2, 0.25) is 0 Å². The van der Waals surface area contributed by atoms with E-state index in [1.54, 1.807) is 39.8 Å². The Labute approximate surface area is 226 Å². The van der Waals surface area contributed by atoms with Crippen LogP contribution in [-0.4, -0.2) is 46.1 Å². The van der Waals surface area contributed by atoms with Crippen LogP contribution >= 0.6 is 0 Å². The highest BCUT2D eigenvalue weighted by Crippen LogP contribution is 2.25. The van der Waals surface area contributed by atoms with E-state index in [4.69, 9.17) is 4.74 Å². The molecule has 0 spiro atoms. The van der Waals surface area contributed by atoms with Crippen LogP contribution in [0, 0.1) is 0 Å². The predicted octanol–water partition coefficient (Wildman–Crippen LogP) is 5.46. The summed E-state index contributed by atoms with van der Waals surface area (Å²) in [5.41, 5.74) is 0.792. The molecule has 0 aliphatic rings. The Morgan fingerprint density at radius 3 is 2.18 bits per heavy atom. The van der Waals surface area contributed by atoms with Gasteiger partial charge in [0.25, 0.3) is 0 Å². The summed E-state index contributed by atoms with van der Waals surface area (Å²) in [5, 5.41) is 15.4. The number of nitrogens with zero attached hydrogens (tertiary/aromatic N) is 1. The maximum Gasteiger partial charge on any atom is 0.408 e. The minimum Gasteiger partial charge on any atom is -0.508 e. The number of aromatic hydroxyl groups is 1. The van der Waals surface area contributed by atoms with Crippen molar-refractivity contribution in [3.8, 4) is 5.75 Å². The zero-order valence-electron chi connectivity index (χ0n) is 23.3. The second-order valence-electron chi connectivity index (χ2n) is 10.5. The van der Waals surface area contributed by atoms with Gasteiger partial charge in [0, 0.05) is 13.1 Å². The largest absolute Gasteiger partial charge is 0.508 e. The number of ether oxygens (including phenoxy) is 1. The predicted molar refractivity (Wildman–Crippen MR) is 148 cm³/mol. The fourth-order valence-corrected chi connectivity index (χ4v) is 4.06. The van der Waals surface area contributed by atoms with E-state index in [0.717, 1.165) is 31.2 Å². The molecule has 2 aromatic rings. The lowest BCUT2D eigenvalue weighted by molar-refractivity contribution is -0.142. The summed E-state index contributed by atoms with van der Waals surface area (Å²) in [6, 6.07) is 14.0. The van der Waals surface area contributed by atoms with Crippen molar-refractivity contribution in [2.75, 3.05) is 6.54 Å². The first-order valence-electron chi connectivity index (χ1n) is 13.4. The van der Waals surface area contributed by atoms with Gasteiger partial charge in [-0.3, -0.25) is 9.59 Å². The smallest absolute Gasteiger partial charge is 0.408 e. The van der Waals surface area contributed by atoms with Gasteiger partial charge in [0.2, 0.25) is 11.8 Å². The van der Waals surface area contributed by atoms with Crippen molar-refractivity contribution in [2.45, 2.75) is 91.0 Å². The Hall–Kier alpha value is -3.55. The number of alkyl carbamates (subject to hydrolysis) is 1. The van der Waals surface area contributed by atoms with E-state index in [9.17, 15) is 19.5 Å². The van der Waals surface area contributed by atoms with Crippen LogP contribution in [0.4, 0.5) is 4.79 Å². The Balaban J connectivity index is 2.33. The molecule has 0 saturated carbocycles. The molecule has 3 N–H and O–H groups in total. The van der Waals surface area contributed by atoms with Gasteiger partial charge in [-0.2, -0.15) is 0 Å². The molecule has 2 atom stereocenters. The van der Waals surface area contributed by atoms with Gasteiger partial charge in [0.1, 0.15) is 23.4 Å². The number of carbonyl (C=O) groups excluding carboxylic acids is 3. The highest BCUT2D eigenvalue weighted by molar-refractivity contribution is 5.92. The molecule has 3 amide bonds. The summed E-state index contributed by atoms with van der Waals surface area (Å²) < 4.78 is 5.33. The molecule has 2 rings (SSSR count). The maximum absolute atomic E-state index is 13.8. The molecule has 8 nitrogen and oxygen atoms in total. The summed E-state index contributed by atoms with van der Waals surface area (Å²) in [4.78, 5) is 41.3. The van der Waals surface area contributed by atoms with Crippen LogP contribution in [0.15, 0.2) is 54.6 Å². The van der Waals surface area contributed by atoms with Crippen LogP contribution in [0.1, 0.15) is 83.9 Å². The van der Waals surface area contributed by atoms with Crippen molar-refractivity contribution < 1.29 is 24.2 Å². The first-order valence-corrected chi connectivity index (χ1v) is 13.4. The molecule has 8 heteroatoms. The maximum atomic E-state index is 13.8. The number of amides is 3. The molecule has 2 aromatic carbocycles. The Bertz CT molecular complexity index is 1020. The van der Waals surface area contributed by atoms with Crippen molar-refractivity contribution in [3.05, 3.63) is 65.7 Å². The molecular weight excluding hydrogens is 482 g/mol. The minimum atomic E-state index is -0.944. The lowest BCUT2D eigenvalue weighted by Crippen LogP contribution is -2.52. The number of hydrogen-bond donors (Lipinski definition) is 3. The first-order chi connectivity index (χ1) is 18.0. The number of rotatable bonds is 13. The zero-order valence-corrected chi connectivity index (χ0v) is 23.3. The van der Waals surface area contributed by atoms with Crippen molar-refractivity contribution in [1.82, 2.24) is 15.5 Å². The fourth-order valence-electron chi connectivity index (χ4n) is 4.06. The molecule has 0 saturated heterocycles. The molecule has 2 unspecified atom stereocenters. The van der Waals surface area contributed by atoms with E-state index >= 15 is 0 Å². The fraction of sp³-hybridized carbons (Fsp3) is 0.500. The van der Waals surface area contributed by atoms with Crippen LogP contribution in [0.5, 0.6) is 5.75 Å². The first kappa shape index (κ1) is 30.7. The molecule has 38 heavy (non-hydrogen) atoms. The minimum absolute atomic E-state index is 0.0644. The Morgan fingerprint density at radius 1 is 0.947 bits per heavy atom. The number of carbonyl (C=O) groups is 3. The molecule has 0 fully saturated rings. The van der Waals surface area contributed by atoms with Crippen LogP contribution in [-0.2, 0) is 20.9 Å². The highest BCUT2D eigenvalue weighted by atomic mass is 16.6. The molecule has 0 aliphatic carbocycles. The standard InChI is InChI=1S/C30H43N3O5/c1-6-7-8-9-13-20-33(28(36)22(2)32-29(37)38-30(3,4)5)26(24-16-18-25(34)19-17-24)27(35)31-21-23-14-11-10-12-15-23/h10-12,14-19,22,26,34H,6-9,13,20-21H2,1-5H3,(H,31,35)(H,32,37). The molecule has 0 aliphatic heterocycles. The van der Waals surface area contributed by atoms with E-state index in [1.165, 1.54) is 17.0 Å². The van der Waals surface area contributed by atoms with Gasteiger partial charge in [-0.15, -0.1) is 0 Å². The molecular formula is C30H43N3O5. The van der Waals surface area contributed by atoms with E-state index in [1.807, 2.05) is 30.3 Å². The average molecular weight is 526 g/mol. The number of phenolic OH excluding ortho intramolecular Hbond substituents is 1. The van der Waals surface area contributed by atoms with E-state index in [0.29, 0.717) is 25.1 Å². The van der Waals surface area contributed by atoms with Crippen molar-refractivity contribution >= 4 is 17.9 Å². The third-order valence-electron chi connectivity index (χ3n) is 5.97. The molecule has 0 bridgehead atoms. The lowest BCUT2D eigenvalue weighted by atomic mass is 10.0. The van der Waals surface area contributed by atoms with Crippen molar-refractivity contribution in [2.24, 2.45) is 0 Å². The summed E-state index contributed by atoms with van der Waals surface area (Å²) in [5.74, 6) is -0.667. The number of phenols is 1. The normalized spacial score (nSPS) is 12.8. The number of hydrogen-bond acceptors (Lipinski definition) is 5. The second-order valence-corrected chi connectivity index (χ2v) is 10.5. The topological polar surface area (TPSA) is 108 Å². The number of unbranched alkanes of at least 4 members (excludes halogenated alkanes) is 4.